The number of nitrogens with zero attached hydrogens (tertiary/aromatic N) is 2. The number of hydrogen-bond donors (Lipinski definition) is 2. The van der Waals surface area contributed by atoms with E-state index in [1.165, 1.54) is 0 Å². The molecule has 0 aliphatic rings. The Bertz CT molecular complexity index is 547. The van der Waals surface area contributed by atoms with E-state index >= 15 is 0 Å². The summed E-state index contributed by atoms with van der Waals surface area (Å²) in [6.07, 6.45) is 4.34. The maximum Gasteiger partial charge on any atom is 0.221 e. The second-order valence-corrected chi connectivity index (χ2v) is 4.83. The van der Waals surface area contributed by atoms with Crippen LogP contribution in [-0.4, -0.2) is 27.9 Å². The molecule has 2 heterocycles. The molecule has 1 amide bonds. The summed E-state index contributed by atoms with van der Waals surface area (Å²) in [4.78, 5) is 15.8. The molecular formula is C14H20N4O. The van der Waals surface area contributed by atoms with Crippen LogP contribution in [0.3, 0.4) is 0 Å². The number of hydrogen-bond acceptors (Lipinski definition) is 3. The minimum Gasteiger partial charge on any atom is -0.354 e. The molecule has 102 valence electrons. The number of fused-ring (bicyclic) bond motifs is 1. The van der Waals surface area contributed by atoms with E-state index in [1.54, 1.807) is 0 Å². The van der Waals surface area contributed by atoms with Crippen LogP contribution in [-0.2, 0) is 11.3 Å². The molecule has 0 aliphatic carbocycles. The highest BCUT2D eigenvalue weighted by Gasteiger charge is 2.04. The van der Waals surface area contributed by atoms with Gasteiger partial charge in [-0.15, -0.1) is 0 Å². The van der Waals surface area contributed by atoms with Crippen LogP contribution < -0.4 is 10.6 Å². The van der Waals surface area contributed by atoms with E-state index in [0.717, 1.165) is 11.3 Å². The predicted molar refractivity (Wildman–Crippen MR) is 74.8 cm³/mol. The number of amides is 1. The van der Waals surface area contributed by atoms with Crippen molar-refractivity contribution in [1.29, 1.82) is 0 Å². The first-order valence-corrected chi connectivity index (χ1v) is 6.58. The van der Waals surface area contributed by atoms with E-state index in [2.05, 4.69) is 15.6 Å². The van der Waals surface area contributed by atoms with Gasteiger partial charge in [0.15, 0.2) is 0 Å². The number of aromatic nitrogens is 2. The highest BCUT2D eigenvalue weighted by molar-refractivity contribution is 5.76. The summed E-state index contributed by atoms with van der Waals surface area (Å²) < 4.78 is 2.04. The Balaban J connectivity index is 1.78. The summed E-state index contributed by atoms with van der Waals surface area (Å²) in [6, 6.07) is 6.12. The van der Waals surface area contributed by atoms with Gasteiger partial charge in [0, 0.05) is 31.7 Å². The molecule has 0 radical (unpaired) electrons. The van der Waals surface area contributed by atoms with Gasteiger partial charge in [-0.1, -0.05) is 6.07 Å². The van der Waals surface area contributed by atoms with E-state index in [1.807, 2.05) is 48.8 Å². The summed E-state index contributed by atoms with van der Waals surface area (Å²) in [5.74, 6) is 0.0839. The molecule has 0 saturated heterocycles. The molecular weight excluding hydrogens is 240 g/mol. The molecule has 0 fully saturated rings. The first-order chi connectivity index (χ1) is 9.16. The second-order valence-electron chi connectivity index (χ2n) is 4.83. The Hall–Kier alpha value is -1.88. The van der Waals surface area contributed by atoms with Crippen LogP contribution >= 0.6 is 0 Å². The summed E-state index contributed by atoms with van der Waals surface area (Å²) in [5.41, 5.74) is 2.04. The maximum absolute atomic E-state index is 11.5. The van der Waals surface area contributed by atoms with Crippen LogP contribution in [0.5, 0.6) is 0 Å². The standard InChI is InChI=1S/C14H20N4O/c1-11(2)17-14(19)6-7-15-9-12-10-16-13-5-3-4-8-18(12)13/h3-5,8,10-11,15H,6-7,9H2,1-2H3,(H,17,19). The molecule has 2 aromatic heterocycles. The lowest BCUT2D eigenvalue weighted by Gasteiger charge is -2.08. The van der Waals surface area contributed by atoms with Crippen LogP contribution in [0.2, 0.25) is 0 Å². The van der Waals surface area contributed by atoms with Crippen molar-refractivity contribution in [2.24, 2.45) is 0 Å². The van der Waals surface area contributed by atoms with Crippen molar-refractivity contribution >= 4 is 11.6 Å². The fourth-order valence-electron chi connectivity index (χ4n) is 1.93. The van der Waals surface area contributed by atoms with Gasteiger partial charge in [0.1, 0.15) is 5.65 Å². The van der Waals surface area contributed by atoms with Gasteiger partial charge in [-0.05, 0) is 26.0 Å². The quantitative estimate of drug-likeness (QED) is 0.771. The number of carbonyl (C=O) groups is 1. The van der Waals surface area contributed by atoms with Crippen molar-refractivity contribution in [3.63, 3.8) is 0 Å². The van der Waals surface area contributed by atoms with Crippen LogP contribution in [0.15, 0.2) is 30.6 Å². The van der Waals surface area contributed by atoms with Crippen molar-refractivity contribution in [1.82, 2.24) is 20.0 Å². The van der Waals surface area contributed by atoms with Gasteiger partial charge in [0.05, 0.1) is 11.9 Å². The van der Waals surface area contributed by atoms with E-state index in [0.29, 0.717) is 19.5 Å². The van der Waals surface area contributed by atoms with Gasteiger partial charge in [-0.2, -0.15) is 0 Å². The third-order valence-corrected chi connectivity index (χ3v) is 2.78. The van der Waals surface area contributed by atoms with Gasteiger partial charge >= 0.3 is 0 Å². The Morgan fingerprint density at radius 3 is 3.05 bits per heavy atom. The van der Waals surface area contributed by atoms with Gasteiger partial charge in [-0.3, -0.25) is 4.79 Å². The summed E-state index contributed by atoms with van der Waals surface area (Å²) in [6.45, 7) is 5.30. The summed E-state index contributed by atoms with van der Waals surface area (Å²) >= 11 is 0. The smallest absolute Gasteiger partial charge is 0.221 e. The molecule has 2 N–H and O–H groups in total. The minimum atomic E-state index is 0.0839. The molecule has 2 aromatic rings. The molecule has 0 unspecified atom stereocenters. The Kier molecular flexibility index (Phi) is 4.52. The first kappa shape index (κ1) is 13.5. The minimum absolute atomic E-state index is 0.0839. The lowest BCUT2D eigenvalue weighted by Crippen LogP contribution is -2.32. The van der Waals surface area contributed by atoms with Crippen LogP contribution in [0.4, 0.5) is 0 Å². The number of nitrogens with one attached hydrogen (secondary N) is 2. The maximum atomic E-state index is 11.5. The van der Waals surface area contributed by atoms with Gasteiger partial charge in [-0.25, -0.2) is 4.98 Å². The van der Waals surface area contributed by atoms with E-state index < -0.39 is 0 Å². The topological polar surface area (TPSA) is 58.4 Å². The molecule has 0 atom stereocenters. The number of imidazole rings is 1. The Morgan fingerprint density at radius 1 is 1.42 bits per heavy atom. The van der Waals surface area contributed by atoms with Crippen molar-refractivity contribution in [2.45, 2.75) is 32.9 Å². The highest BCUT2D eigenvalue weighted by atomic mass is 16.1. The third kappa shape index (κ3) is 3.79. The van der Waals surface area contributed by atoms with Crippen molar-refractivity contribution in [3.05, 3.63) is 36.3 Å². The predicted octanol–water partition coefficient (Wildman–Crippen LogP) is 1.34. The number of pyridine rings is 1. The average molecular weight is 260 g/mol. The van der Waals surface area contributed by atoms with E-state index in [4.69, 9.17) is 0 Å². The third-order valence-electron chi connectivity index (χ3n) is 2.78. The van der Waals surface area contributed by atoms with E-state index in [9.17, 15) is 4.79 Å². The number of carbonyl (C=O) groups excluding carboxylic acids is 1. The molecule has 19 heavy (non-hydrogen) atoms. The zero-order chi connectivity index (χ0) is 13.7. The van der Waals surface area contributed by atoms with Crippen LogP contribution in [0, 0.1) is 0 Å². The van der Waals surface area contributed by atoms with Crippen molar-refractivity contribution < 1.29 is 4.79 Å². The fraction of sp³-hybridized carbons (Fsp3) is 0.429. The molecule has 0 aliphatic heterocycles. The van der Waals surface area contributed by atoms with Crippen molar-refractivity contribution in [3.8, 4) is 0 Å². The second kappa shape index (κ2) is 6.33. The fourth-order valence-corrected chi connectivity index (χ4v) is 1.93. The van der Waals surface area contributed by atoms with Gasteiger partial charge in [0.2, 0.25) is 5.91 Å². The SMILES string of the molecule is CC(C)NC(=O)CCNCc1cnc2ccccn12. The molecule has 0 aromatic carbocycles. The summed E-state index contributed by atoms with van der Waals surface area (Å²) in [7, 11) is 0. The molecule has 0 spiro atoms. The zero-order valence-corrected chi connectivity index (χ0v) is 11.4. The largest absolute Gasteiger partial charge is 0.354 e. The van der Waals surface area contributed by atoms with Gasteiger partial charge < -0.3 is 15.0 Å². The van der Waals surface area contributed by atoms with Crippen LogP contribution in [0.25, 0.3) is 5.65 Å². The lowest BCUT2D eigenvalue weighted by molar-refractivity contribution is -0.121. The molecule has 0 saturated carbocycles. The normalized spacial score (nSPS) is 11.1. The van der Waals surface area contributed by atoms with Crippen molar-refractivity contribution in [2.75, 3.05) is 6.54 Å². The summed E-state index contributed by atoms with van der Waals surface area (Å²) in [5, 5.41) is 6.13. The zero-order valence-electron chi connectivity index (χ0n) is 11.4. The lowest BCUT2D eigenvalue weighted by atomic mass is 10.3. The number of rotatable bonds is 6. The molecule has 5 nitrogen and oxygen atoms in total. The Labute approximate surface area is 113 Å². The average Bonchev–Trinajstić information content (AvgIpc) is 2.77. The van der Waals surface area contributed by atoms with Gasteiger partial charge in [0.25, 0.3) is 0 Å². The first-order valence-electron chi connectivity index (χ1n) is 6.58. The van der Waals surface area contributed by atoms with Crippen LogP contribution in [0.1, 0.15) is 26.0 Å². The molecule has 5 heteroatoms. The Morgan fingerprint density at radius 2 is 2.26 bits per heavy atom. The molecule has 2 rings (SSSR count). The highest BCUT2D eigenvalue weighted by Crippen LogP contribution is 2.05. The van der Waals surface area contributed by atoms with E-state index in [-0.39, 0.29) is 11.9 Å². The molecule has 0 bridgehead atoms. The monoisotopic (exact) mass is 260 g/mol.